The number of methoxy groups -OCH3 is 1. The Morgan fingerprint density at radius 2 is 1.92 bits per heavy atom. The minimum atomic E-state index is 0. The Kier molecular flexibility index (Phi) is 10.3. The van der Waals surface area contributed by atoms with Crippen molar-refractivity contribution in [3.05, 3.63) is 29.8 Å². The summed E-state index contributed by atoms with van der Waals surface area (Å²) < 4.78 is 5.54. The quantitative estimate of drug-likeness (QED) is 0.665. The first-order chi connectivity index (χ1) is 11.8. The van der Waals surface area contributed by atoms with E-state index in [2.05, 4.69) is 21.6 Å². The number of likely N-dealkylation sites (tertiary alicyclic amines) is 1. The molecule has 1 aliphatic heterocycles. The van der Waals surface area contributed by atoms with Crippen LogP contribution < -0.4 is 15.4 Å². The molecule has 2 N–H and O–H groups in total. The summed E-state index contributed by atoms with van der Waals surface area (Å²) in [4.78, 5) is 14.6. The van der Waals surface area contributed by atoms with E-state index in [0.29, 0.717) is 13.1 Å². The molecule has 0 radical (unpaired) electrons. The third kappa shape index (κ3) is 6.62. The molecule has 1 amide bonds. The van der Waals surface area contributed by atoms with Crippen LogP contribution in [0.2, 0.25) is 0 Å². The molecule has 0 aromatic heterocycles. The van der Waals surface area contributed by atoms with Gasteiger partial charge in [-0.05, 0) is 57.3 Å². The molecule has 1 aliphatic carbocycles. The smallest absolute Gasteiger partial charge is 0.234 e. The fourth-order valence-corrected chi connectivity index (χ4v) is 3.42. The minimum Gasteiger partial charge on any atom is -0.496 e. The van der Waals surface area contributed by atoms with Crippen molar-refractivity contribution < 1.29 is 9.53 Å². The number of nitrogens with one attached hydrogen (secondary N) is 2. The Morgan fingerprint density at radius 1 is 1.23 bits per heavy atom. The highest BCUT2D eigenvalue weighted by atomic mass is 35.5. The molecule has 148 valence electrons. The number of halogens is 2. The molecule has 1 heterocycles. The molecule has 5 nitrogen and oxygen atoms in total. The van der Waals surface area contributed by atoms with Crippen molar-refractivity contribution in [1.29, 1.82) is 0 Å². The summed E-state index contributed by atoms with van der Waals surface area (Å²) in [6.45, 7) is 4.17. The number of ether oxygens (including phenoxy) is 1. The highest BCUT2D eigenvalue weighted by Crippen LogP contribution is 2.31. The number of para-hydroxylation sites is 1. The van der Waals surface area contributed by atoms with Gasteiger partial charge in [-0.1, -0.05) is 18.2 Å². The lowest BCUT2D eigenvalue weighted by Gasteiger charge is -2.29. The van der Waals surface area contributed by atoms with Gasteiger partial charge < -0.3 is 15.4 Å². The molecule has 1 aromatic rings. The molecule has 2 fully saturated rings. The average Bonchev–Trinajstić information content (AvgIpc) is 3.27. The maximum atomic E-state index is 12.1. The van der Waals surface area contributed by atoms with Crippen molar-refractivity contribution in [2.45, 2.75) is 31.7 Å². The number of carbonyl (C=O) groups is 1. The Morgan fingerprint density at radius 3 is 2.58 bits per heavy atom. The van der Waals surface area contributed by atoms with Crippen molar-refractivity contribution >= 4 is 30.7 Å². The minimum absolute atomic E-state index is 0. The standard InChI is InChI=1S/C19H29N3O2.2ClH/c1-24-18-7-3-2-6-16(18)17(22-10-4-5-11-22)13-21-19(23)14-20-12-15-8-9-15;;/h2-3,6-7,15,17,20H,4-5,8-14H2,1H3,(H,21,23);2*1H. The van der Waals surface area contributed by atoms with Crippen molar-refractivity contribution in [2.24, 2.45) is 5.92 Å². The lowest BCUT2D eigenvalue weighted by atomic mass is 10.0. The Labute approximate surface area is 169 Å². The van der Waals surface area contributed by atoms with Gasteiger partial charge in [0, 0.05) is 12.1 Å². The van der Waals surface area contributed by atoms with Gasteiger partial charge in [0.15, 0.2) is 0 Å². The lowest BCUT2D eigenvalue weighted by Crippen LogP contribution is -2.40. The number of carbonyl (C=O) groups excluding carboxylic acids is 1. The van der Waals surface area contributed by atoms with E-state index >= 15 is 0 Å². The van der Waals surface area contributed by atoms with Gasteiger partial charge in [-0.2, -0.15) is 0 Å². The van der Waals surface area contributed by atoms with Gasteiger partial charge in [-0.25, -0.2) is 0 Å². The Bertz CT molecular complexity index is 549. The molecule has 26 heavy (non-hydrogen) atoms. The molecule has 1 saturated heterocycles. The number of nitrogens with zero attached hydrogens (tertiary/aromatic N) is 1. The second-order valence-corrected chi connectivity index (χ2v) is 6.88. The van der Waals surface area contributed by atoms with Crippen LogP contribution in [-0.4, -0.2) is 50.6 Å². The van der Waals surface area contributed by atoms with Crippen LogP contribution in [0.5, 0.6) is 5.75 Å². The zero-order valence-corrected chi connectivity index (χ0v) is 17.0. The van der Waals surface area contributed by atoms with Crippen LogP contribution in [0.15, 0.2) is 24.3 Å². The maximum Gasteiger partial charge on any atom is 0.234 e. The Balaban J connectivity index is 0.00000169. The Hall–Kier alpha value is -1.01. The third-order valence-corrected chi connectivity index (χ3v) is 4.99. The normalized spacial score (nSPS) is 17.7. The van der Waals surface area contributed by atoms with Gasteiger partial charge in [0.05, 0.1) is 19.7 Å². The van der Waals surface area contributed by atoms with E-state index in [-0.39, 0.29) is 36.8 Å². The summed E-state index contributed by atoms with van der Waals surface area (Å²) in [5.74, 6) is 1.77. The van der Waals surface area contributed by atoms with Crippen molar-refractivity contribution in [3.8, 4) is 5.75 Å². The number of hydrogen-bond acceptors (Lipinski definition) is 4. The van der Waals surface area contributed by atoms with Crippen molar-refractivity contribution in [2.75, 3.05) is 39.8 Å². The second kappa shape index (κ2) is 11.7. The monoisotopic (exact) mass is 403 g/mol. The largest absolute Gasteiger partial charge is 0.496 e. The third-order valence-electron chi connectivity index (χ3n) is 4.99. The highest BCUT2D eigenvalue weighted by Gasteiger charge is 2.26. The van der Waals surface area contributed by atoms with Gasteiger partial charge in [-0.3, -0.25) is 9.69 Å². The molecule has 1 atom stereocenters. The molecule has 2 aliphatic rings. The van der Waals surface area contributed by atoms with Gasteiger partial charge in [0.25, 0.3) is 0 Å². The number of rotatable bonds is 9. The topological polar surface area (TPSA) is 53.6 Å². The van der Waals surface area contributed by atoms with E-state index in [1.165, 1.54) is 25.7 Å². The van der Waals surface area contributed by atoms with E-state index in [9.17, 15) is 4.79 Å². The first kappa shape index (κ1) is 23.0. The number of hydrogen-bond donors (Lipinski definition) is 2. The number of amides is 1. The van der Waals surface area contributed by atoms with Crippen LogP contribution in [0.4, 0.5) is 0 Å². The summed E-state index contributed by atoms with van der Waals surface area (Å²) in [6, 6.07) is 8.32. The average molecular weight is 404 g/mol. The fraction of sp³-hybridized carbons (Fsp3) is 0.632. The number of benzene rings is 1. The molecule has 1 aromatic carbocycles. The first-order valence-electron chi connectivity index (χ1n) is 9.12. The van der Waals surface area contributed by atoms with Crippen LogP contribution in [-0.2, 0) is 4.79 Å². The molecule has 1 saturated carbocycles. The zero-order valence-electron chi connectivity index (χ0n) is 15.4. The van der Waals surface area contributed by atoms with Crippen molar-refractivity contribution in [1.82, 2.24) is 15.5 Å². The van der Waals surface area contributed by atoms with Crippen molar-refractivity contribution in [3.63, 3.8) is 0 Å². The van der Waals surface area contributed by atoms with Crippen LogP contribution in [0, 0.1) is 5.92 Å². The van der Waals surface area contributed by atoms with Crippen LogP contribution in [0.3, 0.4) is 0 Å². The molecule has 0 spiro atoms. The summed E-state index contributed by atoms with van der Waals surface area (Å²) in [7, 11) is 1.71. The second-order valence-electron chi connectivity index (χ2n) is 6.88. The summed E-state index contributed by atoms with van der Waals surface area (Å²) in [5, 5.41) is 6.36. The molecular formula is C19H31Cl2N3O2. The van der Waals surface area contributed by atoms with Gasteiger partial charge in [-0.15, -0.1) is 24.8 Å². The summed E-state index contributed by atoms with van der Waals surface area (Å²) in [6.07, 6.45) is 5.06. The molecule has 1 unspecified atom stereocenters. The maximum absolute atomic E-state index is 12.1. The van der Waals surface area contributed by atoms with Gasteiger partial charge in [0.1, 0.15) is 5.75 Å². The van der Waals surface area contributed by atoms with Crippen LogP contribution >= 0.6 is 24.8 Å². The van der Waals surface area contributed by atoms with E-state index in [1.807, 2.05) is 18.2 Å². The summed E-state index contributed by atoms with van der Waals surface area (Å²) >= 11 is 0. The van der Waals surface area contributed by atoms with Crippen LogP contribution in [0.25, 0.3) is 0 Å². The van der Waals surface area contributed by atoms with E-state index in [4.69, 9.17) is 4.74 Å². The fourth-order valence-electron chi connectivity index (χ4n) is 3.42. The van der Waals surface area contributed by atoms with Crippen LogP contribution in [0.1, 0.15) is 37.3 Å². The van der Waals surface area contributed by atoms with E-state index < -0.39 is 0 Å². The zero-order chi connectivity index (χ0) is 16.8. The first-order valence-corrected chi connectivity index (χ1v) is 9.12. The summed E-state index contributed by atoms with van der Waals surface area (Å²) in [5.41, 5.74) is 1.16. The SMILES string of the molecule is COc1ccccc1C(CNC(=O)CNCC1CC1)N1CCCC1.Cl.Cl. The highest BCUT2D eigenvalue weighted by molar-refractivity contribution is 5.85. The molecule has 3 rings (SSSR count). The lowest BCUT2D eigenvalue weighted by molar-refractivity contribution is -0.120. The molecular weight excluding hydrogens is 373 g/mol. The molecule has 0 bridgehead atoms. The predicted octanol–water partition coefficient (Wildman–Crippen LogP) is 2.79. The van der Waals surface area contributed by atoms with E-state index in [1.54, 1.807) is 7.11 Å². The van der Waals surface area contributed by atoms with E-state index in [0.717, 1.165) is 36.9 Å². The molecule has 7 heteroatoms. The predicted molar refractivity (Wildman–Crippen MR) is 110 cm³/mol. The van der Waals surface area contributed by atoms with Gasteiger partial charge in [0.2, 0.25) is 5.91 Å². The van der Waals surface area contributed by atoms with Gasteiger partial charge >= 0.3 is 0 Å².